The number of hydrogen-bond acceptors (Lipinski definition) is 4. The highest BCUT2D eigenvalue weighted by Crippen LogP contribution is 2.24. The van der Waals surface area contributed by atoms with Crippen LogP contribution in [0, 0.1) is 0 Å². The molecule has 2 rings (SSSR count). The number of H-pyrrole nitrogens is 1. The van der Waals surface area contributed by atoms with E-state index in [2.05, 4.69) is 23.1 Å². The summed E-state index contributed by atoms with van der Waals surface area (Å²) in [6.45, 7) is 3.09. The van der Waals surface area contributed by atoms with Gasteiger partial charge in [-0.3, -0.25) is 0 Å². The smallest absolute Gasteiger partial charge is 0.128 e. The molecule has 21 heavy (non-hydrogen) atoms. The van der Waals surface area contributed by atoms with Crippen LogP contribution in [0.3, 0.4) is 0 Å². The van der Waals surface area contributed by atoms with Crippen LogP contribution < -0.4 is 4.74 Å². The first kappa shape index (κ1) is 16.2. The van der Waals surface area contributed by atoms with Gasteiger partial charge in [0.05, 0.1) is 0 Å². The quantitative estimate of drug-likeness (QED) is 0.787. The predicted molar refractivity (Wildman–Crippen MR) is 90.3 cm³/mol. The van der Waals surface area contributed by atoms with Gasteiger partial charge in [-0.05, 0) is 38.4 Å². The van der Waals surface area contributed by atoms with Crippen molar-refractivity contribution in [2.45, 2.75) is 19.1 Å². The second-order valence-corrected chi connectivity index (χ2v) is 6.31. The number of benzene rings is 1. The summed E-state index contributed by atoms with van der Waals surface area (Å²) in [6.07, 6.45) is 3.50. The monoisotopic (exact) mass is 308 g/mol. The van der Waals surface area contributed by atoms with Gasteiger partial charge < -0.3 is 19.7 Å². The number of aromatic amines is 1. The van der Waals surface area contributed by atoms with E-state index in [9.17, 15) is 5.11 Å². The van der Waals surface area contributed by atoms with Gasteiger partial charge in [-0.1, -0.05) is 6.07 Å². The Labute approximate surface area is 130 Å². The van der Waals surface area contributed by atoms with E-state index in [1.165, 1.54) is 0 Å². The lowest BCUT2D eigenvalue weighted by molar-refractivity contribution is 0.0689. The summed E-state index contributed by atoms with van der Waals surface area (Å²) in [4.78, 5) is 5.32. The van der Waals surface area contributed by atoms with Gasteiger partial charge in [0.2, 0.25) is 0 Å². The summed E-state index contributed by atoms with van der Waals surface area (Å²) in [5, 5.41) is 11.2. The van der Waals surface area contributed by atoms with Crippen molar-refractivity contribution in [3.8, 4) is 5.75 Å². The van der Waals surface area contributed by atoms with Crippen LogP contribution in [-0.4, -0.2) is 59.3 Å². The average Bonchev–Trinajstić information content (AvgIpc) is 2.94. The fourth-order valence-corrected chi connectivity index (χ4v) is 3.04. The SMILES string of the molecule is CSCC(C)N(C)CC(O)COc1cccc2[nH]ccc12. The van der Waals surface area contributed by atoms with E-state index in [0.717, 1.165) is 22.4 Å². The topological polar surface area (TPSA) is 48.5 Å². The second kappa shape index (κ2) is 7.73. The van der Waals surface area contributed by atoms with Crippen LogP contribution in [0.1, 0.15) is 6.92 Å². The molecule has 0 radical (unpaired) electrons. The van der Waals surface area contributed by atoms with E-state index in [0.29, 0.717) is 19.2 Å². The van der Waals surface area contributed by atoms with Crippen LogP contribution in [0.25, 0.3) is 10.9 Å². The molecule has 2 unspecified atom stereocenters. The Kier molecular flexibility index (Phi) is 5.96. The van der Waals surface area contributed by atoms with E-state index < -0.39 is 6.10 Å². The van der Waals surface area contributed by atoms with Crippen molar-refractivity contribution in [1.29, 1.82) is 0 Å². The molecular formula is C16H24N2O2S. The number of hydrogen-bond donors (Lipinski definition) is 2. The summed E-state index contributed by atoms with van der Waals surface area (Å²) < 4.78 is 5.78. The number of nitrogens with zero attached hydrogens (tertiary/aromatic N) is 1. The maximum atomic E-state index is 10.1. The average molecular weight is 308 g/mol. The Morgan fingerprint density at radius 1 is 1.38 bits per heavy atom. The lowest BCUT2D eigenvalue weighted by Gasteiger charge is -2.26. The highest BCUT2D eigenvalue weighted by atomic mass is 32.2. The molecule has 0 aliphatic carbocycles. The molecular weight excluding hydrogens is 284 g/mol. The third-order valence-electron chi connectivity index (χ3n) is 3.65. The molecule has 1 aromatic carbocycles. The first-order valence-corrected chi connectivity index (χ1v) is 8.57. The molecule has 116 valence electrons. The third-order valence-corrected chi connectivity index (χ3v) is 4.46. The van der Waals surface area contributed by atoms with E-state index in [-0.39, 0.29) is 0 Å². The van der Waals surface area contributed by atoms with Crippen LogP contribution in [0.15, 0.2) is 30.5 Å². The Morgan fingerprint density at radius 3 is 2.95 bits per heavy atom. The fourth-order valence-electron chi connectivity index (χ4n) is 2.30. The van der Waals surface area contributed by atoms with Crippen LogP contribution in [-0.2, 0) is 0 Å². The number of ether oxygens (including phenoxy) is 1. The maximum absolute atomic E-state index is 10.1. The molecule has 5 heteroatoms. The number of aliphatic hydroxyl groups excluding tert-OH is 1. The number of thioether (sulfide) groups is 1. The lowest BCUT2D eigenvalue weighted by atomic mass is 10.2. The predicted octanol–water partition coefficient (Wildman–Crippen LogP) is 2.59. The van der Waals surface area contributed by atoms with Crippen molar-refractivity contribution in [1.82, 2.24) is 9.88 Å². The molecule has 0 saturated heterocycles. The number of likely N-dealkylation sites (N-methyl/N-ethyl adjacent to an activating group) is 1. The lowest BCUT2D eigenvalue weighted by Crippen LogP contribution is -2.39. The third kappa shape index (κ3) is 4.40. The number of aliphatic hydroxyl groups is 1. The van der Waals surface area contributed by atoms with Crippen molar-refractivity contribution >= 4 is 22.7 Å². The zero-order valence-corrected chi connectivity index (χ0v) is 13.7. The molecule has 0 saturated carbocycles. The second-order valence-electron chi connectivity index (χ2n) is 5.40. The molecule has 4 nitrogen and oxygen atoms in total. The first-order valence-electron chi connectivity index (χ1n) is 7.18. The molecule has 2 aromatic rings. The Morgan fingerprint density at radius 2 is 2.19 bits per heavy atom. The van der Waals surface area contributed by atoms with E-state index in [4.69, 9.17) is 4.74 Å². The van der Waals surface area contributed by atoms with Crippen LogP contribution in [0.4, 0.5) is 0 Å². The van der Waals surface area contributed by atoms with E-state index in [1.807, 2.05) is 49.3 Å². The minimum atomic E-state index is -0.492. The minimum Gasteiger partial charge on any atom is -0.490 e. The molecule has 0 aliphatic heterocycles. The molecule has 2 N–H and O–H groups in total. The van der Waals surface area contributed by atoms with Gasteiger partial charge in [0.15, 0.2) is 0 Å². The number of fused-ring (bicyclic) bond motifs is 1. The molecule has 1 heterocycles. The van der Waals surface area contributed by atoms with Crippen molar-refractivity contribution in [3.05, 3.63) is 30.5 Å². The largest absolute Gasteiger partial charge is 0.490 e. The summed E-state index contributed by atoms with van der Waals surface area (Å²) in [7, 11) is 2.04. The number of aromatic nitrogens is 1. The van der Waals surface area contributed by atoms with Gasteiger partial charge in [-0.2, -0.15) is 11.8 Å². The Bertz CT molecular complexity index is 558. The van der Waals surface area contributed by atoms with Gasteiger partial charge in [0.25, 0.3) is 0 Å². The van der Waals surface area contributed by atoms with Crippen molar-refractivity contribution in [2.75, 3.05) is 32.2 Å². The summed E-state index contributed by atoms with van der Waals surface area (Å²) >= 11 is 1.82. The van der Waals surface area contributed by atoms with Crippen molar-refractivity contribution in [2.24, 2.45) is 0 Å². The van der Waals surface area contributed by atoms with Crippen LogP contribution >= 0.6 is 11.8 Å². The number of rotatable bonds is 8. The molecule has 0 fully saturated rings. The zero-order valence-electron chi connectivity index (χ0n) is 12.9. The van der Waals surface area contributed by atoms with E-state index >= 15 is 0 Å². The minimum absolute atomic E-state index is 0.306. The summed E-state index contributed by atoms with van der Waals surface area (Å²) in [6, 6.07) is 8.33. The van der Waals surface area contributed by atoms with Gasteiger partial charge in [0.1, 0.15) is 18.5 Å². The normalized spacial score (nSPS) is 14.5. The molecule has 2 atom stereocenters. The standard InChI is InChI=1S/C16H24N2O2S/c1-12(11-21-3)18(2)9-13(19)10-20-16-6-4-5-15-14(16)7-8-17-15/h4-8,12-13,17,19H,9-11H2,1-3H3. The molecule has 1 aromatic heterocycles. The van der Waals surface area contributed by atoms with Gasteiger partial charge in [0, 0.05) is 35.4 Å². The molecule has 0 aliphatic rings. The molecule has 0 amide bonds. The maximum Gasteiger partial charge on any atom is 0.128 e. The van der Waals surface area contributed by atoms with Crippen molar-refractivity contribution < 1.29 is 9.84 Å². The zero-order chi connectivity index (χ0) is 15.2. The van der Waals surface area contributed by atoms with Crippen LogP contribution in [0.2, 0.25) is 0 Å². The molecule has 0 bridgehead atoms. The van der Waals surface area contributed by atoms with E-state index in [1.54, 1.807) is 0 Å². The molecule has 0 spiro atoms. The highest BCUT2D eigenvalue weighted by Gasteiger charge is 2.14. The first-order chi connectivity index (χ1) is 10.1. The number of nitrogens with one attached hydrogen (secondary N) is 1. The van der Waals surface area contributed by atoms with Gasteiger partial charge >= 0.3 is 0 Å². The van der Waals surface area contributed by atoms with Crippen molar-refractivity contribution in [3.63, 3.8) is 0 Å². The summed E-state index contributed by atoms with van der Waals surface area (Å²) in [5.41, 5.74) is 1.05. The van der Waals surface area contributed by atoms with Gasteiger partial charge in [-0.25, -0.2) is 0 Å². The highest BCUT2D eigenvalue weighted by molar-refractivity contribution is 7.98. The van der Waals surface area contributed by atoms with Gasteiger partial charge in [-0.15, -0.1) is 0 Å². The van der Waals surface area contributed by atoms with Crippen LogP contribution in [0.5, 0.6) is 5.75 Å². The Balaban J connectivity index is 1.86. The fraction of sp³-hybridized carbons (Fsp3) is 0.500. The Hall–Kier alpha value is -1.17. The summed E-state index contributed by atoms with van der Waals surface area (Å²) in [5.74, 6) is 1.87.